The molecule has 0 atom stereocenters. The monoisotopic (exact) mass is 270 g/mol. The van der Waals surface area contributed by atoms with E-state index in [4.69, 9.17) is 5.11 Å². The number of carboxylic acid groups (broad SMARTS) is 1. The molecule has 0 aliphatic rings. The van der Waals surface area contributed by atoms with Gasteiger partial charge in [0, 0.05) is 12.0 Å². The Balaban J connectivity index is 2.16. The summed E-state index contributed by atoms with van der Waals surface area (Å²) in [5, 5.41) is 18.3. The van der Waals surface area contributed by atoms with Crippen LogP contribution in [0.5, 0.6) is 5.75 Å². The molecule has 0 saturated carbocycles. The lowest BCUT2D eigenvalue weighted by Gasteiger charge is -2.05. The molecule has 0 spiro atoms. The topological polar surface area (TPSA) is 74.6 Å². The number of phenolic OH excluding ortho intramolecular Hbond substituents is 1. The first-order valence-electron chi connectivity index (χ1n) is 6.21. The fraction of sp³-hybridized carbons (Fsp3) is 0.125. The molecule has 0 bridgehead atoms. The molecule has 0 fully saturated rings. The number of aliphatic carboxylic acids is 1. The highest BCUT2D eigenvalue weighted by Crippen LogP contribution is 2.20. The number of hydrogen-bond donors (Lipinski definition) is 2. The first kappa shape index (κ1) is 13.8. The predicted octanol–water partition coefficient (Wildman–Crippen LogP) is 2.64. The molecule has 102 valence electrons. The number of para-hydroxylation sites is 1. The van der Waals surface area contributed by atoms with Crippen molar-refractivity contribution in [3.63, 3.8) is 0 Å². The van der Waals surface area contributed by atoms with Gasteiger partial charge in [0.15, 0.2) is 5.78 Å². The largest absolute Gasteiger partial charge is 0.507 e. The second-order valence-electron chi connectivity index (χ2n) is 4.44. The van der Waals surface area contributed by atoms with Crippen LogP contribution in [0.4, 0.5) is 0 Å². The number of phenols is 1. The van der Waals surface area contributed by atoms with E-state index in [1.807, 2.05) is 0 Å². The van der Waals surface area contributed by atoms with Crippen LogP contribution in [0.25, 0.3) is 0 Å². The van der Waals surface area contributed by atoms with Gasteiger partial charge in [-0.2, -0.15) is 0 Å². The van der Waals surface area contributed by atoms with Gasteiger partial charge in [0.2, 0.25) is 0 Å². The quantitative estimate of drug-likeness (QED) is 0.819. The number of carbonyl (C=O) groups is 2. The van der Waals surface area contributed by atoms with E-state index in [2.05, 4.69) is 0 Å². The van der Waals surface area contributed by atoms with Crippen LogP contribution < -0.4 is 0 Å². The van der Waals surface area contributed by atoms with Crippen LogP contribution in [0.3, 0.4) is 0 Å². The van der Waals surface area contributed by atoms with Crippen LogP contribution in [0.1, 0.15) is 27.9 Å². The lowest BCUT2D eigenvalue weighted by Crippen LogP contribution is -2.02. The summed E-state index contributed by atoms with van der Waals surface area (Å²) in [6.45, 7) is 0. The summed E-state index contributed by atoms with van der Waals surface area (Å²) < 4.78 is 0. The van der Waals surface area contributed by atoms with E-state index in [1.54, 1.807) is 42.5 Å². The number of ketones is 1. The zero-order chi connectivity index (χ0) is 14.5. The molecule has 0 aromatic heterocycles. The molecular weight excluding hydrogens is 256 g/mol. The van der Waals surface area contributed by atoms with Crippen molar-refractivity contribution >= 4 is 11.8 Å². The van der Waals surface area contributed by atoms with E-state index in [1.165, 1.54) is 6.07 Å². The van der Waals surface area contributed by atoms with E-state index in [0.29, 0.717) is 12.0 Å². The van der Waals surface area contributed by atoms with Crippen molar-refractivity contribution in [1.82, 2.24) is 0 Å². The van der Waals surface area contributed by atoms with Gasteiger partial charge in [-0.05, 0) is 24.1 Å². The van der Waals surface area contributed by atoms with Gasteiger partial charge in [-0.1, -0.05) is 36.4 Å². The minimum Gasteiger partial charge on any atom is -0.507 e. The molecule has 2 rings (SSSR count). The maximum absolute atomic E-state index is 12.2. The van der Waals surface area contributed by atoms with Crippen molar-refractivity contribution < 1.29 is 19.8 Å². The fourth-order valence-electron chi connectivity index (χ4n) is 1.90. The molecule has 0 saturated heterocycles. The van der Waals surface area contributed by atoms with Gasteiger partial charge >= 0.3 is 5.97 Å². The molecular formula is C16H14O4. The number of benzene rings is 2. The predicted molar refractivity (Wildman–Crippen MR) is 73.9 cm³/mol. The van der Waals surface area contributed by atoms with Gasteiger partial charge in [-0.25, -0.2) is 0 Å². The van der Waals surface area contributed by atoms with Crippen LogP contribution in [0.15, 0.2) is 48.5 Å². The Hall–Kier alpha value is -2.62. The fourth-order valence-corrected chi connectivity index (χ4v) is 1.90. The van der Waals surface area contributed by atoms with E-state index >= 15 is 0 Å². The molecule has 2 N–H and O–H groups in total. The second-order valence-corrected chi connectivity index (χ2v) is 4.44. The lowest BCUT2D eigenvalue weighted by atomic mass is 10.00. The number of aryl methyl sites for hydroxylation is 1. The molecule has 0 aliphatic heterocycles. The van der Waals surface area contributed by atoms with Crippen molar-refractivity contribution in [3.8, 4) is 5.75 Å². The normalized spacial score (nSPS) is 10.2. The highest BCUT2D eigenvalue weighted by molar-refractivity contribution is 6.10. The molecule has 0 aliphatic carbocycles. The summed E-state index contributed by atoms with van der Waals surface area (Å²) in [7, 11) is 0. The molecule has 0 unspecified atom stereocenters. The van der Waals surface area contributed by atoms with Gasteiger partial charge in [-0.15, -0.1) is 0 Å². The Morgan fingerprint density at radius 3 is 2.20 bits per heavy atom. The molecule has 0 heterocycles. The third kappa shape index (κ3) is 3.23. The third-order valence-electron chi connectivity index (χ3n) is 2.99. The highest BCUT2D eigenvalue weighted by atomic mass is 16.4. The maximum Gasteiger partial charge on any atom is 0.303 e. The first-order chi connectivity index (χ1) is 9.58. The molecule has 2 aromatic carbocycles. The zero-order valence-electron chi connectivity index (χ0n) is 10.7. The average molecular weight is 270 g/mol. The summed E-state index contributed by atoms with van der Waals surface area (Å²) in [6.07, 6.45) is 0.493. The lowest BCUT2D eigenvalue weighted by molar-refractivity contribution is -0.136. The molecule has 0 amide bonds. The van der Waals surface area contributed by atoms with E-state index in [-0.39, 0.29) is 23.5 Å². The van der Waals surface area contributed by atoms with Gasteiger partial charge < -0.3 is 10.2 Å². The summed E-state index contributed by atoms with van der Waals surface area (Å²) >= 11 is 0. The molecule has 4 heteroatoms. The second kappa shape index (κ2) is 6.02. The van der Waals surface area contributed by atoms with Crippen LogP contribution >= 0.6 is 0 Å². The van der Waals surface area contributed by atoms with Crippen molar-refractivity contribution in [3.05, 3.63) is 65.2 Å². The summed E-state index contributed by atoms with van der Waals surface area (Å²) in [6, 6.07) is 13.1. The Morgan fingerprint density at radius 2 is 1.60 bits per heavy atom. The van der Waals surface area contributed by atoms with Gasteiger partial charge in [0.1, 0.15) is 5.75 Å². The SMILES string of the molecule is O=C(O)CCc1ccc(C(=O)c2ccccc2O)cc1. The van der Waals surface area contributed by atoms with E-state index < -0.39 is 5.97 Å². The molecule has 2 aromatic rings. The number of carboxylic acids is 1. The maximum atomic E-state index is 12.2. The van der Waals surface area contributed by atoms with Crippen molar-refractivity contribution in [2.24, 2.45) is 0 Å². The van der Waals surface area contributed by atoms with Crippen molar-refractivity contribution in [2.45, 2.75) is 12.8 Å². The first-order valence-corrected chi connectivity index (χ1v) is 6.21. The highest BCUT2D eigenvalue weighted by Gasteiger charge is 2.12. The van der Waals surface area contributed by atoms with Crippen LogP contribution in [-0.4, -0.2) is 22.0 Å². The van der Waals surface area contributed by atoms with Crippen molar-refractivity contribution in [1.29, 1.82) is 0 Å². The Bertz CT molecular complexity index is 629. The summed E-state index contributed by atoms with van der Waals surface area (Å²) in [5.74, 6) is -1.15. The molecule has 20 heavy (non-hydrogen) atoms. The van der Waals surface area contributed by atoms with Crippen LogP contribution in [0, 0.1) is 0 Å². The Kier molecular flexibility index (Phi) is 4.15. The Labute approximate surface area is 116 Å². The smallest absolute Gasteiger partial charge is 0.303 e. The summed E-state index contributed by atoms with van der Waals surface area (Å²) in [4.78, 5) is 22.7. The third-order valence-corrected chi connectivity index (χ3v) is 2.99. The minimum atomic E-state index is -0.848. The number of carbonyl (C=O) groups excluding carboxylic acids is 1. The van der Waals surface area contributed by atoms with Gasteiger partial charge in [0.05, 0.1) is 5.56 Å². The van der Waals surface area contributed by atoms with E-state index in [9.17, 15) is 14.7 Å². The van der Waals surface area contributed by atoms with Crippen molar-refractivity contribution in [2.75, 3.05) is 0 Å². The zero-order valence-corrected chi connectivity index (χ0v) is 10.7. The van der Waals surface area contributed by atoms with Crippen LogP contribution in [-0.2, 0) is 11.2 Å². The number of aromatic hydroxyl groups is 1. The van der Waals surface area contributed by atoms with Gasteiger partial charge in [-0.3, -0.25) is 9.59 Å². The number of hydrogen-bond acceptors (Lipinski definition) is 3. The van der Waals surface area contributed by atoms with Gasteiger partial charge in [0.25, 0.3) is 0 Å². The number of rotatable bonds is 5. The Morgan fingerprint density at radius 1 is 0.950 bits per heavy atom. The summed E-state index contributed by atoms with van der Waals surface area (Å²) in [5.41, 5.74) is 1.58. The average Bonchev–Trinajstić information content (AvgIpc) is 2.45. The standard InChI is InChI=1S/C16H14O4/c17-14-4-2-1-3-13(14)16(20)12-8-5-11(6-9-12)7-10-15(18)19/h1-6,8-9,17H,7,10H2,(H,18,19). The van der Waals surface area contributed by atoms with Crippen LogP contribution in [0.2, 0.25) is 0 Å². The minimum absolute atomic E-state index is 0.0487. The molecule has 4 nitrogen and oxygen atoms in total. The van der Waals surface area contributed by atoms with E-state index in [0.717, 1.165) is 5.56 Å². The molecule has 0 radical (unpaired) electrons.